The van der Waals surface area contributed by atoms with Crippen LogP contribution in [0.1, 0.15) is 12.5 Å². The van der Waals surface area contributed by atoms with Crippen LogP contribution in [0, 0.1) is 0 Å². The number of benzene rings is 2. The van der Waals surface area contributed by atoms with Crippen molar-refractivity contribution in [3.05, 3.63) is 63.6 Å². The summed E-state index contributed by atoms with van der Waals surface area (Å²) in [6.07, 6.45) is 0. The quantitative estimate of drug-likeness (QED) is 0.628. The molecule has 0 aromatic heterocycles. The summed E-state index contributed by atoms with van der Waals surface area (Å²) >= 11 is 9.24. The molecule has 18 heavy (non-hydrogen) atoms. The Kier molecular flexibility index (Phi) is 4.39. The number of hydrazone groups is 1. The molecular weight excluding hydrogens is 312 g/mol. The Labute approximate surface area is 120 Å². The van der Waals surface area contributed by atoms with E-state index >= 15 is 0 Å². The van der Waals surface area contributed by atoms with E-state index in [0.29, 0.717) is 0 Å². The van der Waals surface area contributed by atoms with Crippen molar-refractivity contribution in [1.29, 1.82) is 0 Å². The Morgan fingerprint density at radius 2 is 1.67 bits per heavy atom. The molecule has 0 bridgehead atoms. The molecule has 4 heteroatoms. The van der Waals surface area contributed by atoms with Crippen LogP contribution in [-0.2, 0) is 0 Å². The van der Waals surface area contributed by atoms with E-state index in [4.69, 9.17) is 11.6 Å². The van der Waals surface area contributed by atoms with Gasteiger partial charge in [-0.25, -0.2) is 0 Å². The highest BCUT2D eigenvalue weighted by Gasteiger charge is 1.97. The number of hydrogen-bond donors (Lipinski definition) is 1. The molecule has 92 valence electrons. The third-order valence-corrected chi connectivity index (χ3v) is 3.24. The van der Waals surface area contributed by atoms with Gasteiger partial charge >= 0.3 is 0 Å². The van der Waals surface area contributed by atoms with Crippen LogP contribution in [0.2, 0.25) is 5.02 Å². The second-order valence-electron chi connectivity index (χ2n) is 3.82. The standard InChI is InChI=1S/C14H12BrClN2/c1-10(11-2-6-13(16)7-3-11)17-18-14-8-4-12(15)5-9-14/h2-9,18H,1H3/b17-10+. The fraction of sp³-hybridized carbons (Fsp3) is 0.0714. The molecule has 0 atom stereocenters. The zero-order valence-corrected chi connectivity index (χ0v) is 12.2. The molecule has 0 fully saturated rings. The van der Waals surface area contributed by atoms with Gasteiger partial charge in [0.25, 0.3) is 0 Å². The van der Waals surface area contributed by atoms with Crippen LogP contribution in [0.4, 0.5) is 5.69 Å². The van der Waals surface area contributed by atoms with Gasteiger partial charge in [-0.15, -0.1) is 0 Å². The molecule has 2 nitrogen and oxygen atoms in total. The predicted octanol–water partition coefficient (Wildman–Crippen LogP) is 4.94. The largest absolute Gasteiger partial charge is 0.278 e. The minimum Gasteiger partial charge on any atom is -0.278 e. The van der Waals surface area contributed by atoms with E-state index < -0.39 is 0 Å². The topological polar surface area (TPSA) is 24.4 Å². The number of anilines is 1. The number of rotatable bonds is 3. The minimum absolute atomic E-state index is 0.729. The summed E-state index contributed by atoms with van der Waals surface area (Å²) in [5, 5.41) is 5.06. The third kappa shape index (κ3) is 3.59. The van der Waals surface area contributed by atoms with Crippen molar-refractivity contribution >= 4 is 38.9 Å². The molecule has 2 aromatic rings. The van der Waals surface area contributed by atoms with Crippen LogP contribution in [0.25, 0.3) is 0 Å². The Morgan fingerprint density at radius 3 is 2.28 bits per heavy atom. The second kappa shape index (κ2) is 6.03. The summed E-state index contributed by atoms with van der Waals surface area (Å²) in [4.78, 5) is 0. The summed E-state index contributed by atoms with van der Waals surface area (Å²) in [6.45, 7) is 1.95. The van der Waals surface area contributed by atoms with Crippen molar-refractivity contribution in [2.75, 3.05) is 5.43 Å². The molecule has 0 saturated heterocycles. The molecule has 0 amide bonds. The molecule has 0 aliphatic heterocycles. The molecule has 2 aromatic carbocycles. The molecule has 2 rings (SSSR count). The van der Waals surface area contributed by atoms with Gasteiger partial charge in [-0.3, -0.25) is 5.43 Å². The lowest BCUT2D eigenvalue weighted by molar-refractivity contribution is 1.32. The lowest BCUT2D eigenvalue weighted by Crippen LogP contribution is -1.99. The maximum Gasteiger partial charge on any atom is 0.0648 e. The highest BCUT2D eigenvalue weighted by molar-refractivity contribution is 9.10. The van der Waals surface area contributed by atoms with Gasteiger partial charge in [-0.2, -0.15) is 5.10 Å². The van der Waals surface area contributed by atoms with Crippen LogP contribution in [0.5, 0.6) is 0 Å². The molecule has 0 heterocycles. The van der Waals surface area contributed by atoms with Crippen LogP contribution in [0.15, 0.2) is 58.1 Å². The Morgan fingerprint density at radius 1 is 1.06 bits per heavy atom. The molecule has 0 unspecified atom stereocenters. The molecule has 1 N–H and O–H groups in total. The first kappa shape index (κ1) is 13.1. The van der Waals surface area contributed by atoms with Crippen LogP contribution in [0.3, 0.4) is 0 Å². The van der Waals surface area contributed by atoms with E-state index in [-0.39, 0.29) is 0 Å². The molecule has 0 spiro atoms. The molecule has 0 aliphatic carbocycles. The van der Waals surface area contributed by atoms with Gasteiger partial charge < -0.3 is 0 Å². The van der Waals surface area contributed by atoms with Crippen molar-refractivity contribution in [1.82, 2.24) is 0 Å². The monoisotopic (exact) mass is 322 g/mol. The van der Waals surface area contributed by atoms with E-state index in [2.05, 4.69) is 26.5 Å². The first-order valence-corrected chi connectivity index (χ1v) is 6.64. The first-order valence-electron chi connectivity index (χ1n) is 5.47. The van der Waals surface area contributed by atoms with E-state index in [1.807, 2.05) is 55.5 Å². The maximum atomic E-state index is 5.84. The number of nitrogens with zero attached hydrogens (tertiary/aromatic N) is 1. The van der Waals surface area contributed by atoms with Crippen LogP contribution < -0.4 is 5.43 Å². The number of nitrogens with one attached hydrogen (secondary N) is 1. The van der Waals surface area contributed by atoms with E-state index in [0.717, 1.165) is 26.5 Å². The normalized spacial score (nSPS) is 11.4. The van der Waals surface area contributed by atoms with Crippen LogP contribution >= 0.6 is 27.5 Å². The van der Waals surface area contributed by atoms with Crippen molar-refractivity contribution in [2.24, 2.45) is 5.10 Å². The first-order chi connectivity index (χ1) is 8.65. The molecular formula is C14H12BrClN2. The van der Waals surface area contributed by atoms with Crippen molar-refractivity contribution in [3.63, 3.8) is 0 Å². The summed E-state index contributed by atoms with van der Waals surface area (Å²) in [7, 11) is 0. The SMILES string of the molecule is C/C(=N\Nc1ccc(Br)cc1)c1ccc(Cl)cc1. The van der Waals surface area contributed by atoms with Gasteiger partial charge in [-0.05, 0) is 48.9 Å². The molecule has 0 aliphatic rings. The summed E-state index contributed by atoms with van der Waals surface area (Å²) in [5.74, 6) is 0. The van der Waals surface area contributed by atoms with Crippen LogP contribution in [-0.4, -0.2) is 5.71 Å². The van der Waals surface area contributed by atoms with Gasteiger partial charge in [0.15, 0.2) is 0 Å². The predicted molar refractivity (Wildman–Crippen MR) is 81.4 cm³/mol. The number of hydrogen-bond acceptors (Lipinski definition) is 2. The fourth-order valence-electron chi connectivity index (χ4n) is 1.43. The lowest BCUT2D eigenvalue weighted by atomic mass is 10.1. The highest BCUT2D eigenvalue weighted by Crippen LogP contribution is 2.15. The minimum atomic E-state index is 0.729. The Bertz CT molecular complexity index is 547. The average molecular weight is 324 g/mol. The van der Waals surface area contributed by atoms with E-state index in [1.54, 1.807) is 0 Å². The van der Waals surface area contributed by atoms with Crippen molar-refractivity contribution in [3.8, 4) is 0 Å². The maximum absolute atomic E-state index is 5.84. The smallest absolute Gasteiger partial charge is 0.0648 e. The summed E-state index contributed by atoms with van der Waals surface area (Å²) < 4.78 is 1.05. The van der Waals surface area contributed by atoms with Gasteiger partial charge in [-0.1, -0.05) is 39.7 Å². The number of halogens is 2. The van der Waals surface area contributed by atoms with Gasteiger partial charge in [0.1, 0.15) is 0 Å². The lowest BCUT2D eigenvalue weighted by Gasteiger charge is -2.04. The average Bonchev–Trinajstić information content (AvgIpc) is 2.38. The van der Waals surface area contributed by atoms with Gasteiger partial charge in [0.2, 0.25) is 0 Å². The molecule has 0 radical (unpaired) electrons. The summed E-state index contributed by atoms with van der Waals surface area (Å²) in [5.41, 5.74) is 5.93. The second-order valence-corrected chi connectivity index (χ2v) is 5.17. The highest BCUT2D eigenvalue weighted by atomic mass is 79.9. The van der Waals surface area contributed by atoms with Gasteiger partial charge in [0, 0.05) is 9.50 Å². The Balaban J connectivity index is 2.09. The third-order valence-electron chi connectivity index (χ3n) is 2.46. The fourth-order valence-corrected chi connectivity index (χ4v) is 1.82. The Hall–Kier alpha value is -1.32. The van der Waals surface area contributed by atoms with E-state index in [1.165, 1.54) is 0 Å². The van der Waals surface area contributed by atoms with Gasteiger partial charge in [0.05, 0.1) is 11.4 Å². The van der Waals surface area contributed by atoms with E-state index in [9.17, 15) is 0 Å². The zero-order valence-electron chi connectivity index (χ0n) is 9.82. The summed E-state index contributed by atoms with van der Waals surface area (Å²) in [6, 6.07) is 15.5. The zero-order chi connectivity index (χ0) is 13.0. The molecule has 0 saturated carbocycles. The van der Waals surface area contributed by atoms with Crippen molar-refractivity contribution < 1.29 is 0 Å². The van der Waals surface area contributed by atoms with Crippen molar-refractivity contribution in [2.45, 2.75) is 6.92 Å².